The van der Waals surface area contributed by atoms with Gasteiger partial charge in [-0.3, -0.25) is 0 Å². The van der Waals surface area contributed by atoms with Gasteiger partial charge in [0.2, 0.25) is 0 Å². The molecule has 1 aromatic carbocycles. The van der Waals surface area contributed by atoms with E-state index in [1.54, 1.807) is 11.3 Å². The molecule has 3 rings (SSSR count). The Balaban J connectivity index is 1.96. The van der Waals surface area contributed by atoms with Gasteiger partial charge in [-0.15, -0.1) is 11.3 Å². The van der Waals surface area contributed by atoms with Gasteiger partial charge in [-0.1, -0.05) is 29.8 Å². The van der Waals surface area contributed by atoms with Gasteiger partial charge in [-0.25, -0.2) is 9.97 Å². The number of fused-ring (bicyclic) bond motifs is 1. The molecule has 20 heavy (non-hydrogen) atoms. The van der Waals surface area contributed by atoms with E-state index in [-0.39, 0.29) is 0 Å². The van der Waals surface area contributed by atoms with E-state index in [0.717, 1.165) is 34.8 Å². The minimum atomic E-state index is 0.770. The van der Waals surface area contributed by atoms with Crippen LogP contribution in [0.4, 0.5) is 5.82 Å². The van der Waals surface area contributed by atoms with Gasteiger partial charge in [-0.2, -0.15) is 0 Å². The van der Waals surface area contributed by atoms with Gasteiger partial charge in [0.05, 0.1) is 5.39 Å². The van der Waals surface area contributed by atoms with Gasteiger partial charge in [0.1, 0.15) is 16.5 Å². The van der Waals surface area contributed by atoms with Crippen molar-refractivity contribution < 1.29 is 0 Å². The smallest absolute Gasteiger partial charge is 0.138 e. The van der Waals surface area contributed by atoms with Gasteiger partial charge in [-0.05, 0) is 30.9 Å². The number of rotatable bonds is 4. The molecule has 0 bridgehead atoms. The van der Waals surface area contributed by atoms with Crippen molar-refractivity contribution in [2.45, 2.75) is 20.3 Å². The maximum Gasteiger partial charge on any atom is 0.138 e. The Hall–Kier alpha value is -1.94. The molecular weight excluding hydrogens is 266 g/mol. The second kappa shape index (κ2) is 5.59. The van der Waals surface area contributed by atoms with Crippen LogP contribution in [0.5, 0.6) is 0 Å². The lowest BCUT2D eigenvalue weighted by atomic mass is 10.1. The van der Waals surface area contributed by atoms with Crippen molar-refractivity contribution in [3.63, 3.8) is 0 Å². The molecule has 0 atom stereocenters. The molecule has 0 amide bonds. The highest BCUT2D eigenvalue weighted by Gasteiger charge is 2.08. The predicted molar refractivity (Wildman–Crippen MR) is 85.6 cm³/mol. The van der Waals surface area contributed by atoms with Crippen LogP contribution in [-0.2, 0) is 6.42 Å². The summed E-state index contributed by atoms with van der Waals surface area (Å²) in [6, 6.07) is 10.6. The monoisotopic (exact) mass is 283 g/mol. The molecular formula is C16H17N3S. The van der Waals surface area contributed by atoms with Gasteiger partial charge in [0.25, 0.3) is 0 Å². The first kappa shape index (κ1) is 13.1. The molecule has 1 N–H and O–H groups in total. The molecule has 3 nitrogen and oxygen atoms in total. The van der Waals surface area contributed by atoms with Crippen molar-refractivity contribution in [3.05, 3.63) is 52.7 Å². The summed E-state index contributed by atoms with van der Waals surface area (Å²) in [7, 11) is 0. The molecule has 102 valence electrons. The molecule has 4 heteroatoms. The first-order valence-electron chi connectivity index (χ1n) is 6.80. The lowest BCUT2D eigenvalue weighted by Gasteiger charge is -2.07. The fourth-order valence-electron chi connectivity index (χ4n) is 2.17. The van der Waals surface area contributed by atoms with Crippen LogP contribution in [0.2, 0.25) is 0 Å². The summed E-state index contributed by atoms with van der Waals surface area (Å²) in [5.74, 6) is 1.82. The Labute approximate surface area is 122 Å². The highest BCUT2D eigenvalue weighted by Crippen LogP contribution is 2.25. The van der Waals surface area contributed by atoms with E-state index in [2.05, 4.69) is 64.8 Å². The number of anilines is 1. The first-order chi connectivity index (χ1) is 9.76. The summed E-state index contributed by atoms with van der Waals surface area (Å²) in [5, 5.41) is 6.51. The molecule has 0 spiro atoms. The Kier molecular flexibility index (Phi) is 3.65. The standard InChI is InChI=1S/C16H17N3S/c1-3-17-15-13-8-9-20-16(13)19-14(18-15)10-12-6-4-11(2)5-7-12/h4-9H,3,10H2,1-2H3,(H,17,18,19). The minimum absolute atomic E-state index is 0.770. The maximum atomic E-state index is 4.67. The molecule has 0 unspecified atom stereocenters. The van der Waals surface area contributed by atoms with Crippen molar-refractivity contribution >= 4 is 27.4 Å². The number of hydrogen-bond donors (Lipinski definition) is 1. The van der Waals surface area contributed by atoms with Gasteiger partial charge in [0.15, 0.2) is 0 Å². The van der Waals surface area contributed by atoms with Crippen molar-refractivity contribution in [1.29, 1.82) is 0 Å². The zero-order chi connectivity index (χ0) is 13.9. The van der Waals surface area contributed by atoms with Gasteiger partial charge < -0.3 is 5.32 Å². The van der Waals surface area contributed by atoms with Gasteiger partial charge in [0, 0.05) is 13.0 Å². The van der Waals surface area contributed by atoms with E-state index in [0.29, 0.717) is 0 Å². The van der Waals surface area contributed by atoms with Crippen LogP contribution in [-0.4, -0.2) is 16.5 Å². The lowest BCUT2D eigenvalue weighted by Crippen LogP contribution is -2.04. The predicted octanol–water partition coefficient (Wildman–Crippen LogP) is 4.02. The Bertz CT molecular complexity index is 716. The third kappa shape index (κ3) is 2.65. The third-order valence-electron chi connectivity index (χ3n) is 3.20. The van der Waals surface area contributed by atoms with Crippen molar-refractivity contribution in [2.24, 2.45) is 0 Å². The number of thiophene rings is 1. The average molecular weight is 283 g/mol. The fraction of sp³-hybridized carbons (Fsp3) is 0.250. The summed E-state index contributed by atoms with van der Waals surface area (Å²) in [6.07, 6.45) is 0.770. The first-order valence-corrected chi connectivity index (χ1v) is 7.68. The molecule has 0 radical (unpaired) electrons. The van der Waals surface area contributed by atoms with E-state index < -0.39 is 0 Å². The van der Waals surface area contributed by atoms with E-state index in [1.807, 2.05) is 0 Å². The summed E-state index contributed by atoms with van der Waals surface area (Å²) >= 11 is 1.66. The Morgan fingerprint density at radius 3 is 2.65 bits per heavy atom. The molecule has 3 aromatic rings. The minimum Gasteiger partial charge on any atom is -0.370 e. The second-order valence-corrected chi connectivity index (χ2v) is 5.72. The van der Waals surface area contributed by atoms with Crippen LogP contribution in [0.25, 0.3) is 10.2 Å². The molecule has 0 aliphatic rings. The van der Waals surface area contributed by atoms with Crippen LogP contribution < -0.4 is 5.32 Å². The largest absolute Gasteiger partial charge is 0.370 e. The molecule has 0 aliphatic carbocycles. The normalized spacial score (nSPS) is 10.9. The van der Waals surface area contributed by atoms with Crippen LogP contribution in [0.3, 0.4) is 0 Å². The SMILES string of the molecule is CCNc1nc(Cc2ccc(C)cc2)nc2sccc12. The average Bonchev–Trinajstić information content (AvgIpc) is 2.90. The third-order valence-corrected chi connectivity index (χ3v) is 4.01. The summed E-state index contributed by atoms with van der Waals surface area (Å²) in [6.45, 7) is 5.05. The lowest BCUT2D eigenvalue weighted by molar-refractivity contribution is 0.989. The van der Waals surface area contributed by atoms with E-state index in [1.165, 1.54) is 11.1 Å². The van der Waals surface area contributed by atoms with E-state index >= 15 is 0 Å². The Morgan fingerprint density at radius 1 is 1.10 bits per heavy atom. The molecule has 0 saturated carbocycles. The quantitative estimate of drug-likeness (QED) is 0.785. The number of benzene rings is 1. The molecule has 0 aliphatic heterocycles. The van der Waals surface area contributed by atoms with Crippen LogP contribution in [0.1, 0.15) is 23.9 Å². The molecule has 0 fully saturated rings. The Morgan fingerprint density at radius 2 is 1.90 bits per heavy atom. The number of nitrogens with zero attached hydrogens (tertiary/aromatic N) is 2. The zero-order valence-corrected chi connectivity index (χ0v) is 12.5. The van der Waals surface area contributed by atoms with E-state index in [4.69, 9.17) is 0 Å². The van der Waals surface area contributed by atoms with Crippen LogP contribution in [0, 0.1) is 6.92 Å². The number of nitrogens with one attached hydrogen (secondary N) is 1. The number of hydrogen-bond acceptors (Lipinski definition) is 4. The second-order valence-electron chi connectivity index (χ2n) is 4.82. The number of aromatic nitrogens is 2. The maximum absolute atomic E-state index is 4.67. The number of aryl methyl sites for hydroxylation is 1. The molecule has 2 aromatic heterocycles. The van der Waals surface area contributed by atoms with Crippen molar-refractivity contribution in [3.8, 4) is 0 Å². The van der Waals surface area contributed by atoms with Crippen LogP contribution >= 0.6 is 11.3 Å². The highest BCUT2D eigenvalue weighted by atomic mass is 32.1. The summed E-state index contributed by atoms with van der Waals surface area (Å²) in [5.41, 5.74) is 2.52. The zero-order valence-electron chi connectivity index (χ0n) is 11.7. The molecule has 2 heterocycles. The highest BCUT2D eigenvalue weighted by molar-refractivity contribution is 7.16. The van der Waals surface area contributed by atoms with Crippen molar-refractivity contribution in [2.75, 3.05) is 11.9 Å². The van der Waals surface area contributed by atoms with Crippen LogP contribution in [0.15, 0.2) is 35.7 Å². The topological polar surface area (TPSA) is 37.8 Å². The summed E-state index contributed by atoms with van der Waals surface area (Å²) in [4.78, 5) is 10.4. The van der Waals surface area contributed by atoms with Gasteiger partial charge >= 0.3 is 0 Å². The van der Waals surface area contributed by atoms with Crippen molar-refractivity contribution in [1.82, 2.24) is 9.97 Å². The molecule has 0 saturated heterocycles. The fourth-order valence-corrected chi connectivity index (χ4v) is 2.95. The van der Waals surface area contributed by atoms with E-state index in [9.17, 15) is 0 Å². The summed E-state index contributed by atoms with van der Waals surface area (Å²) < 4.78 is 0.